The molecule has 0 aliphatic rings. The molecule has 0 bridgehead atoms. The lowest BCUT2D eigenvalue weighted by Gasteiger charge is -2.06. The average molecular weight is 322 g/mol. The van der Waals surface area contributed by atoms with Crippen LogP contribution in [-0.4, -0.2) is 22.6 Å². The number of carbonyl (C=O) groups excluding carboxylic acids is 1. The molecule has 0 saturated carbocycles. The van der Waals surface area contributed by atoms with Crippen LogP contribution in [0, 0.1) is 6.92 Å². The number of anilines is 1. The van der Waals surface area contributed by atoms with Crippen molar-refractivity contribution in [3.8, 4) is 0 Å². The molecule has 1 amide bonds. The monoisotopic (exact) mass is 322 g/mol. The summed E-state index contributed by atoms with van der Waals surface area (Å²) in [4.78, 5) is 15.4. The first-order valence-corrected chi connectivity index (χ1v) is 8.22. The number of aromatic amines is 1. The summed E-state index contributed by atoms with van der Waals surface area (Å²) in [6, 6.07) is 13.9. The van der Waals surface area contributed by atoms with E-state index >= 15 is 0 Å². The van der Waals surface area contributed by atoms with Crippen molar-refractivity contribution in [2.24, 2.45) is 0 Å². The lowest BCUT2D eigenvalue weighted by Crippen LogP contribution is -2.12. The molecule has 2 aromatic carbocycles. The summed E-state index contributed by atoms with van der Waals surface area (Å²) in [5.74, 6) is 0.00640. The second kappa shape index (κ2) is 7.32. The second-order valence-electron chi connectivity index (χ2n) is 6.08. The van der Waals surface area contributed by atoms with Crippen LogP contribution >= 0.6 is 0 Å². The highest BCUT2D eigenvalue weighted by atomic mass is 16.2. The van der Waals surface area contributed by atoms with Crippen molar-refractivity contribution >= 4 is 22.5 Å². The third-order valence-electron chi connectivity index (χ3n) is 4.18. The standard InChI is InChI=1S/C20H22N2O2/c1-14-2-8-19-18(12-14)16(13-21-19)5-9-20(24)22-17-6-3-15(4-7-17)10-11-23/h2-4,6-8,12-13,21,23H,5,9-11H2,1H3,(H,22,24). The van der Waals surface area contributed by atoms with Gasteiger partial charge in [-0.1, -0.05) is 23.8 Å². The van der Waals surface area contributed by atoms with Gasteiger partial charge in [0.2, 0.25) is 5.91 Å². The van der Waals surface area contributed by atoms with E-state index in [9.17, 15) is 4.79 Å². The Morgan fingerprint density at radius 3 is 2.67 bits per heavy atom. The van der Waals surface area contributed by atoms with Gasteiger partial charge >= 0.3 is 0 Å². The number of amides is 1. The smallest absolute Gasteiger partial charge is 0.224 e. The molecule has 124 valence electrons. The molecule has 4 heteroatoms. The molecule has 0 aliphatic carbocycles. The van der Waals surface area contributed by atoms with Crippen LogP contribution in [0.25, 0.3) is 10.9 Å². The molecule has 0 radical (unpaired) electrons. The van der Waals surface area contributed by atoms with Crippen LogP contribution < -0.4 is 5.32 Å². The van der Waals surface area contributed by atoms with Crippen LogP contribution in [0.15, 0.2) is 48.7 Å². The maximum atomic E-state index is 12.2. The van der Waals surface area contributed by atoms with Gasteiger partial charge in [-0.25, -0.2) is 0 Å². The number of fused-ring (bicyclic) bond motifs is 1. The molecule has 4 nitrogen and oxygen atoms in total. The summed E-state index contributed by atoms with van der Waals surface area (Å²) in [6.07, 6.45) is 3.77. The molecule has 0 aliphatic heterocycles. The van der Waals surface area contributed by atoms with Gasteiger partial charge in [-0.3, -0.25) is 4.79 Å². The van der Waals surface area contributed by atoms with Crippen LogP contribution in [0.4, 0.5) is 5.69 Å². The van der Waals surface area contributed by atoms with E-state index in [0.29, 0.717) is 19.3 Å². The fourth-order valence-corrected chi connectivity index (χ4v) is 2.85. The van der Waals surface area contributed by atoms with Crippen molar-refractivity contribution < 1.29 is 9.90 Å². The first-order chi connectivity index (χ1) is 11.7. The van der Waals surface area contributed by atoms with Gasteiger partial charge in [-0.15, -0.1) is 0 Å². The largest absolute Gasteiger partial charge is 0.396 e. The Hall–Kier alpha value is -2.59. The van der Waals surface area contributed by atoms with E-state index in [0.717, 1.165) is 16.8 Å². The van der Waals surface area contributed by atoms with Gasteiger partial charge in [-0.05, 0) is 55.2 Å². The number of rotatable bonds is 6. The zero-order valence-corrected chi connectivity index (χ0v) is 13.8. The number of H-pyrrole nitrogens is 1. The Kier molecular flexibility index (Phi) is 4.96. The van der Waals surface area contributed by atoms with Gasteiger partial charge in [0.15, 0.2) is 0 Å². The first-order valence-electron chi connectivity index (χ1n) is 8.22. The molecular formula is C20H22N2O2. The molecule has 0 spiro atoms. The zero-order chi connectivity index (χ0) is 16.9. The third kappa shape index (κ3) is 3.84. The van der Waals surface area contributed by atoms with Gasteiger partial charge in [0.25, 0.3) is 0 Å². The minimum atomic E-state index is 0.00640. The highest BCUT2D eigenvalue weighted by Gasteiger charge is 2.08. The Morgan fingerprint density at radius 1 is 1.12 bits per heavy atom. The number of carbonyl (C=O) groups is 1. The van der Waals surface area contributed by atoms with Crippen molar-refractivity contribution in [1.29, 1.82) is 0 Å². The van der Waals surface area contributed by atoms with Crippen LogP contribution in [0.3, 0.4) is 0 Å². The van der Waals surface area contributed by atoms with Crippen LogP contribution in [0.5, 0.6) is 0 Å². The van der Waals surface area contributed by atoms with Gasteiger partial charge in [0.05, 0.1) is 0 Å². The highest BCUT2D eigenvalue weighted by Crippen LogP contribution is 2.21. The average Bonchev–Trinajstić information content (AvgIpc) is 2.97. The van der Waals surface area contributed by atoms with Crippen molar-refractivity contribution in [1.82, 2.24) is 4.98 Å². The number of aliphatic hydroxyl groups excluding tert-OH is 1. The molecular weight excluding hydrogens is 300 g/mol. The molecule has 0 unspecified atom stereocenters. The summed E-state index contributed by atoms with van der Waals surface area (Å²) in [5, 5.41) is 13.0. The lowest BCUT2D eigenvalue weighted by molar-refractivity contribution is -0.116. The summed E-state index contributed by atoms with van der Waals surface area (Å²) < 4.78 is 0. The van der Waals surface area contributed by atoms with Crippen molar-refractivity contribution in [3.05, 3.63) is 65.4 Å². The van der Waals surface area contributed by atoms with E-state index in [1.807, 2.05) is 30.5 Å². The molecule has 1 aromatic heterocycles. The summed E-state index contributed by atoms with van der Waals surface area (Å²) >= 11 is 0. The van der Waals surface area contributed by atoms with E-state index < -0.39 is 0 Å². The summed E-state index contributed by atoms with van der Waals surface area (Å²) in [7, 11) is 0. The molecule has 0 atom stereocenters. The van der Waals surface area contributed by atoms with Gasteiger partial charge < -0.3 is 15.4 Å². The van der Waals surface area contributed by atoms with E-state index in [1.165, 1.54) is 16.5 Å². The predicted octanol–water partition coefficient (Wildman–Crippen LogP) is 3.58. The highest BCUT2D eigenvalue weighted by molar-refractivity contribution is 5.91. The first kappa shape index (κ1) is 16.3. The Labute approximate surface area is 141 Å². The van der Waals surface area contributed by atoms with Crippen LogP contribution in [0.2, 0.25) is 0 Å². The second-order valence-corrected chi connectivity index (χ2v) is 6.08. The molecule has 0 saturated heterocycles. The van der Waals surface area contributed by atoms with Gasteiger partial charge in [0, 0.05) is 35.8 Å². The zero-order valence-electron chi connectivity index (χ0n) is 13.8. The lowest BCUT2D eigenvalue weighted by atomic mass is 10.1. The third-order valence-corrected chi connectivity index (χ3v) is 4.18. The van der Waals surface area contributed by atoms with E-state index in [2.05, 4.69) is 35.4 Å². The van der Waals surface area contributed by atoms with Crippen LogP contribution in [-0.2, 0) is 17.6 Å². The molecule has 24 heavy (non-hydrogen) atoms. The van der Waals surface area contributed by atoms with E-state index in [1.54, 1.807) is 0 Å². The topological polar surface area (TPSA) is 65.1 Å². The van der Waals surface area contributed by atoms with E-state index in [4.69, 9.17) is 5.11 Å². The van der Waals surface area contributed by atoms with Crippen molar-refractivity contribution in [2.45, 2.75) is 26.2 Å². The van der Waals surface area contributed by atoms with E-state index in [-0.39, 0.29) is 12.5 Å². The summed E-state index contributed by atoms with van der Waals surface area (Å²) in [6.45, 7) is 2.21. The maximum Gasteiger partial charge on any atom is 0.224 e. The summed E-state index contributed by atoms with van der Waals surface area (Å²) in [5.41, 5.74) is 5.34. The minimum absolute atomic E-state index is 0.00640. The number of aryl methyl sites for hydroxylation is 2. The molecule has 0 fully saturated rings. The number of aliphatic hydroxyl groups is 1. The number of nitrogens with one attached hydrogen (secondary N) is 2. The van der Waals surface area contributed by atoms with Crippen molar-refractivity contribution in [2.75, 3.05) is 11.9 Å². The normalized spacial score (nSPS) is 10.9. The van der Waals surface area contributed by atoms with Gasteiger partial charge in [0.1, 0.15) is 0 Å². The number of hydrogen-bond acceptors (Lipinski definition) is 2. The molecule has 3 N–H and O–H groups in total. The molecule has 1 heterocycles. The maximum absolute atomic E-state index is 12.2. The fourth-order valence-electron chi connectivity index (χ4n) is 2.85. The number of hydrogen-bond donors (Lipinski definition) is 3. The van der Waals surface area contributed by atoms with Gasteiger partial charge in [-0.2, -0.15) is 0 Å². The SMILES string of the molecule is Cc1ccc2[nH]cc(CCC(=O)Nc3ccc(CCO)cc3)c2c1. The Morgan fingerprint density at radius 2 is 1.92 bits per heavy atom. The quantitative estimate of drug-likeness (QED) is 0.649. The molecule has 3 aromatic rings. The molecule has 3 rings (SSSR count). The van der Waals surface area contributed by atoms with Crippen molar-refractivity contribution in [3.63, 3.8) is 0 Å². The minimum Gasteiger partial charge on any atom is -0.396 e. The van der Waals surface area contributed by atoms with Crippen LogP contribution in [0.1, 0.15) is 23.1 Å². The predicted molar refractivity (Wildman–Crippen MR) is 97.2 cm³/mol. The number of aromatic nitrogens is 1. The Bertz CT molecular complexity index is 834. The Balaban J connectivity index is 1.59. The fraction of sp³-hybridized carbons (Fsp3) is 0.250. The number of benzene rings is 2.